The molecule has 1 aliphatic rings. The molecule has 0 spiro atoms. The minimum Gasteiger partial charge on any atom is -0.497 e. The first-order valence-corrected chi connectivity index (χ1v) is 8.88. The smallest absolute Gasteiger partial charge is 0.127 e. The van der Waals surface area contributed by atoms with Crippen molar-refractivity contribution in [1.29, 1.82) is 0 Å². The van der Waals surface area contributed by atoms with Crippen LogP contribution in [0.25, 0.3) is 0 Å². The highest BCUT2D eigenvalue weighted by atomic mass is 16.5. The largest absolute Gasteiger partial charge is 0.497 e. The molecule has 1 saturated carbocycles. The van der Waals surface area contributed by atoms with Crippen LogP contribution in [0.5, 0.6) is 17.2 Å². The molecule has 0 N–H and O–H groups in total. The summed E-state index contributed by atoms with van der Waals surface area (Å²) in [6, 6.07) is 25.9. The van der Waals surface area contributed by atoms with Gasteiger partial charge >= 0.3 is 0 Å². The minimum atomic E-state index is 0.544. The average molecular weight is 343 g/mol. The van der Waals surface area contributed by atoms with E-state index in [9.17, 15) is 0 Å². The second-order valence-electron chi connectivity index (χ2n) is 6.41. The van der Waals surface area contributed by atoms with Gasteiger partial charge in [-0.05, 0) is 66.9 Å². The number of aliphatic imine (C=N–C) groups is 1. The van der Waals surface area contributed by atoms with Gasteiger partial charge in [-0.2, -0.15) is 0 Å². The number of hydrogen-bond donors (Lipinski definition) is 0. The molecule has 0 unspecified atom stereocenters. The Kier molecular flexibility index (Phi) is 4.69. The van der Waals surface area contributed by atoms with Gasteiger partial charge in [-0.1, -0.05) is 30.3 Å². The number of ether oxygens (including phenoxy) is 2. The van der Waals surface area contributed by atoms with E-state index in [0.29, 0.717) is 5.92 Å². The summed E-state index contributed by atoms with van der Waals surface area (Å²) < 4.78 is 11.2. The molecule has 130 valence electrons. The molecule has 3 heteroatoms. The van der Waals surface area contributed by atoms with Crippen molar-refractivity contribution in [3.8, 4) is 17.2 Å². The monoisotopic (exact) mass is 343 g/mol. The Hall–Kier alpha value is -3.07. The quantitative estimate of drug-likeness (QED) is 0.513. The van der Waals surface area contributed by atoms with Gasteiger partial charge < -0.3 is 9.47 Å². The zero-order chi connectivity index (χ0) is 17.8. The third-order valence-corrected chi connectivity index (χ3v) is 4.39. The van der Waals surface area contributed by atoms with Crippen molar-refractivity contribution in [2.75, 3.05) is 7.11 Å². The summed E-state index contributed by atoms with van der Waals surface area (Å²) in [5.41, 5.74) is 3.22. The highest BCUT2D eigenvalue weighted by Gasteiger charge is 2.28. The Labute approximate surface area is 153 Å². The molecular weight excluding hydrogens is 322 g/mol. The first kappa shape index (κ1) is 16.4. The summed E-state index contributed by atoms with van der Waals surface area (Å²) >= 11 is 0. The van der Waals surface area contributed by atoms with Crippen molar-refractivity contribution in [2.45, 2.75) is 12.8 Å². The highest BCUT2D eigenvalue weighted by molar-refractivity contribution is 6.05. The molecular formula is C23H21NO2. The molecule has 0 atom stereocenters. The molecule has 1 aliphatic carbocycles. The van der Waals surface area contributed by atoms with Gasteiger partial charge in [0.05, 0.1) is 18.5 Å². The Bertz CT molecular complexity index is 897. The van der Waals surface area contributed by atoms with Gasteiger partial charge in [0, 0.05) is 5.92 Å². The predicted molar refractivity (Wildman–Crippen MR) is 105 cm³/mol. The number of rotatable bonds is 6. The van der Waals surface area contributed by atoms with Crippen molar-refractivity contribution in [2.24, 2.45) is 10.9 Å². The van der Waals surface area contributed by atoms with Crippen LogP contribution in [0.1, 0.15) is 18.4 Å². The zero-order valence-corrected chi connectivity index (χ0v) is 14.8. The lowest BCUT2D eigenvalue weighted by Crippen LogP contribution is -2.03. The maximum absolute atomic E-state index is 5.85. The number of nitrogens with zero attached hydrogens (tertiary/aromatic N) is 1. The van der Waals surface area contributed by atoms with E-state index in [1.807, 2.05) is 66.7 Å². The van der Waals surface area contributed by atoms with E-state index in [-0.39, 0.29) is 0 Å². The molecule has 3 aromatic rings. The molecule has 0 amide bonds. The van der Waals surface area contributed by atoms with Crippen molar-refractivity contribution in [3.05, 3.63) is 84.4 Å². The van der Waals surface area contributed by atoms with Gasteiger partial charge in [-0.25, -0.2) is 0 Å². The van der Waals surface area contributed by atoms with Crippen LogP contribution in [0.4, 0.5) is 5.69 Å². The summed E-state index contributed by atoms with van der Waals surface area (Å²) in [6.45, 7) is 0. The first-order chi connectivity index (χ1) is 12.8. The fourth-order valence-electron chi connectivity index (χ4n) is 2.88. The molecule has 4 rings (SSSR count). The first-order valence-electron chi connectivity index (χ1n) is 8.88. The summed E-state index contributed by atoms with van der Waals surface area (Å²) in [5.74, 6) is 3.05. The zero-order valence-electron chi connectivity index (χ0n) is 14.8. The van der Waals surface area contributed by atoms with Crippen molar-refractivity contribution in [1.82, 2.24) is 0 Å². The molecule has 0 bridgehead atoms. The topological polar surface area (TPSA) is 30.8 Å². The van der Waals surface area contributed by atoms with E-state index in [2.05, 4.69) is 12.1 Å². The van der Waals surface area contributed by atoms with Crippen molar-refractivity contribution >= 4 is 11.4 Å². The van der Waals surface area contributed by atoms with Gasteiger partial charge in [0.25, 0.3) is 0 Å². The van der Waals surface area contributed by atoms with Gasteiger partial charge in [-0.3, -0.25) is 4.99 Å². The molecule has 3 nitrogen and oxygen atoms in total. The van der Waals surface area contributed by atoms with Gasteiger partial charge in [0.15, 0.2) is 0 Å². The second kappa shape index (κ2) is 7.44. The number of benzene rings is 3. The van der Waals surface area contributed by atoms with Crippen LogP contribution in [0, 0.1) is 5.92 Å². The average Bonchev–Trinajstić information content (AvgIpc) is 3.53. The van der Waals surface area contributed by atoms with Crippen LogP contribution < -0.4 is 9.47 Å². The lowest BCUT2D eigenvalue weighted by Gasteiger charge is -2.09. The summed E-state index contributed by atoms with van der Waals surface area (Å²) in [6.07, 6.45) is 2.40. The van der Waals surface area contributed by atoms with E-state index < -0.39 is 0 Å². The van der Waals surface area contributed by atoms with Gasteiger partial charge in [0.2, 0.25) is 0 Å². The normalized spacial score (nSPS) is 14.1. The van der Waals surface area contributed by atoms with Crippen LogP contribution in [-0.4, -0.2) is 12.8 Å². The molecule has 0 heterocycles. The SMILES string of the molecule is COc1cccc(C(=Nc2ccc(Oc3ccccc3)cc2)C2CC2)c1. The van der Waals surface area contributed by atoms with E-state index in [0.717, 1.165) is 34.2 Å². The van der Waals surface area contributed by atoms with Crippen LogP contribution in [-0.2, 0) is 0 Å². The fourth-order valence-corrected chi connectivity index (χ4v) is 2.88. The molecule has 26 heavy (non-hydrogen) atoms. The Balaban J connectivity index is 1.57. The third kappa shape index (κ3) is 3.94. The molecule has 1 fully saturated rings. The van der Waals surface area contributed by atoms with E-state index in [4.69, 9.17) is 14.5 Å². The van der Waals surface area contributed by atoms with Crippen LogP contribution in [0.2, 0.25) is 0 Å². The Morgan fingerprint density at radius 3 is 2.19 bits per heavy atom. The van der Waals surface area contributed by atoms with Crippen LogP contribution in [0.15, 0.2) is 83.9 Å². The predicted octanol–water partition coefficient (Wildman–Crippen LogP) is 6.02. The molecule has 0 radical (unpaired) electrons. The van der Waals surface area contributed by atoms with Crippen LogP contribution in [0.3, 0.4) is 0 Å². The molecule has 3 aromatic carbocycles. The number of para-hydroxylation sites is 1. The number of hydrogen-bond acceptors (Lipinski definition) is 3. The lowest BCUT2D eigenvalue weighted by atomic mass is 10.1. The van der Waals surface area contributed by atoms with Crippen LogP contribution >= 0.6 is 0 Å². The maximum Gasteiger partial charge on any atom is 0.127 e. The third-order valence-electron chi connectivity index (χ3n) is 4.39. The summed E-state index contributed by atoms with van der Waals surface area (Å²) in [7, 11) is 1.69. The maximum atomic E-state index is 5.85. The molecule has 0 aliphatic heterocycles. The van der Waals surface area contributed by atoms with Gasteiger partial charge in [-0.15, -0.1) is 0 Å². The Morgan fingerprint density at radius 1 is 0.808 bits per heavy atom. The second-order valence-corrected chi connectivity index (χ2v) is 6.41. The summed E-state index contributed by atoms with van der Waals surface area (Å²) in [5, 5.41) is 0. The van der Waals surface area contributed by atoms with Gasteiger partial charge in [0.1, 0.15) is 17.2 Å². The summed E-state index contributed by atoms with van der Waals surface area (Å²) in [4.78, 5) is 4.92. The Morgan fingerprint density at radius 2 is 1.50 bits per heavy atom. The molecule has 0 aromatic heterocycles. The number of methoxy groups -OCH3 is 1. The van der Waals surface area contributed by atoms with Crippen molar-refractivity contribution < 1.29 is 9.47 Å². The van der Waals surface area contributed by atoms with E-state index >= 15 is 0 Å². The van der Waals surface area contributed by atoms with Crippen molar-refractivity contribution in [3.63, 3.8) is 0 Å². The molecule has 0 saturated heterocycles. The lowest BCUT2D eigenvalue weighted by molar-refractivity contribution is 0.414. The minimum absolute atomic E-state index is 0.544. The standard InChI is InChI=1S/C23H21NO2/c1-25-22-9-5-6-18(16-22)23(17-10-11-17)24-19-12-14-21(15-13-19)26-20-7-3-2-4-8-20/h2-9,12-17H,10-11H2,1H3. The van der Waals surface area contributed by atoms with E-state index in [1.54, 1.807) is 7.11 Å². The van der Waals surface area contributed by atoms with E-state index in [1.165, 1.54) is 12.8 Å². The highest BCUT2D eigenvalue weighted by Crippen LogP contribution is 2.36. The fraction of sp³-hybridized carbons (Fsp3) is 0.174.